The Hall–Kier alpha value is -2.66. The molecule has 1 atom stereocenters. The molecule has 0 radical (unpaired) electrons. The van der Waals surface area contributed by atoms with Crippen LogP contribution in [0, 0.1) is 0 Å². The Labute approximate surface area is 160 Å². The lowest BCUT2D eigenvalue weighted by molar-refractivity contribution is 0.194. The molecule has 1 fully saturated rings. The molecule has 1 unspecified atom stereocenters. The van der Waals surface area contributed by atoms with Gasteiger partial charge >= 0.3 is 0 Å². The van der Waals surface area contributed by atoms with Gasteiger partial charge in [0.05, 0.1) is 7.11 Å². The number of likely N-dealkylation sites (N-methyl/N-ethyl adjacent to an activating group) is 1. The summed E-state index contributed by atoms with van der Waals surface area (Å²) in [6.45, 7) is 2.08. The summed E-state index contributed by atoms with van der Waals surface area (Å²) in [5.41, 5.74) is 1.94. The molecule has 140 valence electrons. The molecule has 0 amide bonds. The summed E-state index contributed by atoms with van der Waals surface area (Å²) in [6.07, 6.45) is 3.84. The number of methoxy groups -OCH3 is 1. The molecule has 5 nitrogen and oxygen atoms in total. The van der Waals surface area contributed by atoms with Crippen molar-refractivity contribution < 1.29 is 4.74 Å². The minimum absolute atomic E-state index is 0.556. The number of hydrogen-bond donors (Lipinski definition) is 1. The lowest BCUT2D eigenvalue weighted by Crippen LogP contribution is -2.40. The molecule has 1 aliphatic rings. The van der Waals surface area contributed by atoms with Crippen LogP contribution in [0.4, 0.5) is 5.82 Å². The number of nitrogens with zero attached hydrogens (tertiary/aromatic N) is 3. The van der Waals surface area contributed by atoms with Gasteiger partial charge < -0.3 is 15.0 Å². The van der Waals surface area contributed by atoms with Crippen LogP contribution in [-0.2, 0) is 0 Å². The van der Waals surface area contributed by atoms with Gasteiger partial charge in [-0.1, -0.05) is 30.7 Å². The average Bonchev–Trinajstić information content (AvgIpc) is 2.73. The van der Waals surface area contributed by atoms with Gasteiger partial charge in [-0.25, -0.2) is 0 Å². The standard InChI is InChI=1S/C22H26N4O/c1-26-14-6-5-7-17(26)15-23-22-20-9-4-3-8-19(20)21(24-25-22)16-10-12-18(27-2)13-11-16/h3-4,8-13,17H,5-7,14-15H2,1-2H3,(H,23,25). The quantitative estimate of drug-likeness (QED) is 0.737. The van der Waals surface area contributed by atoms with Crippen LogP contribution < -0.4 is 10.1 Å². The van der Waals surface area contributed by atoms with Crippen molar-refractivity contribution in [1.82, 2.24) is 15.1 Å². The highest BCUT2D eigenvalue weighted by Crippen LogP contribution is 2.30. The van der Waals surface area contributed by atoms with Crippen LogP contribution in [0.15, 0.2) is 48.5 Å². The number of aromatic nitrogens is 2. The minimum atomic E-state index is 0.556. The summed E-state index contributed by atoms with van der Waals surface area (Å²) >= 11 is 0. The number of fused-ring (bicyclic) bond motifs is 1. The summed E-state index contributed by atoms with van der Waals surface area (Å²) in [4.78, 5) is 2.44. The summed E-state index contributed by atoms with van der Waals surface area (Å²) < 4.78 is 5.26. The zero-order chi connectivity index (χ0) is 18.6. The topological polar surface area (TPSA) is 50.3 Å². The predicted octanol–water partition coefficient (Wildman–Crippen LogP) is 4.20. The van der Waals surface area contributed by atoms with E-state index in [0.717, 1.165) is 40.1 Å². The molecule has 0 bridgehead atoms. The van der Waals surface area contributed by atoms with Gasteiger partial charge in [0.25, 0.3) is 0 Å². The zero-order valence-electron chi connectivity index (χ0n) is 16.0. The highest BCUT2D eigenvalue weighted by atomic mass is 16.5. The first-order valence-electron chi connectivity index (χ1n) is 9.60. The van der Waals surface area contributed by atoms with Crippen LogP contribution in [0.3, 0.4) is 0 Å². The van der Waals surface area contributed by atoms with E-state index in [1.165, 1.54) is 25.8 Å². The molecule has 2 heterocycles. The molecule has 0 spiro atoms. The molecule has 1 saturated heterocycles. The van der Waals surface area contributed by atoms with Crippen LogP contribution in [0.5, 0.6) is 5.75 Å². The average molecular weight is 362 g/mol. The van der Waals surface area contributed by atoms with Crippen LogP contribution in [0.2, 0.25) is 0 Å². The second-order valence-electron chi connectivity index (χ2n) is 7.18. The van der Waals surface area contributed by atoms with Crippen molar-refractivity contribution in [1.29, 1.82) is 0 Å². The van der Waals surface area contributed by atoms with Gasteiger partial charge in [0.15, 0.2) is 5.82 Å². The van der Waals surface area contributed by atoms with Gasteiger partial charge in [-0.2, -0.15) is 0 Å². The fourth-order valence-electron chi connectivity index (χ4n) is 3.81. The van der Waals surface area contributed by atoms with Gasteiger partial charge in [-0.3, -0.25) is 0 Å². The fraction of sp³-hybridized carbons (Fsp3) is 0.364. The van der Waals surface area contributed by atoms with E-state index in [1.807, 2.05) is 24.3 Å². The first kappa shape index (κ1) is 17.7. The number of piperidine rings is 1. The maximum absolute atomic E-state index is 5.26. The molecule has 0 saturated carbocycles. The smallest absolute Gasteiger partial charge is 0.156 e. The Kier molecular flexibility index (Phi) is 5.21. The largest absolute Gasteiger partial charge is 0.497 e. The van der Waals surface area contributed by atoms with Gasteiger partial charge in [0, 0.05) is 28.9 Å². The molecule has 1 N–H and O–H groups in total. The normalized spacial score (nSPS) is 17.8. The Morgan fingerprint density at radius 1 is 1.04 bits per heavy atom. The zero-order valence-corrected chi connectivity index (χ0v) is 16.0. The lowest BCUT2D eigenvalue weighted by atomic mass is 10.0. The van der Waals surface area contributed by atoms with Gasteiger partial charge in [0.2, 0.25) is 0 Å². The predicted molar refractivity (Wildman–Crippen MR) is 110 cm³/mol. The molecular weight excluding hydrogens is 336 g/mol. The molecule has 2 aromatic carbocycles. The summed E-state index contributed by atoms with van der Waals surface area (Å²) in [7, 11) is 3.89. The SMILES string of the molecule is COc1ccc(-c2nnc(NCC3CCCCN3C)c3ccccc23)cc1. The maximum atomic E-state index is 5.26. The molecule has 1 aliphatic heterocycles. The van der Waals surface area contributed by atoms with Gasteiger partial charge in [-0.05, 0) is 50.7 Å². The first-order chi connectivity index (χ1) is 13.3. The number of nitrogens with one attached hydrogen (secondary N) is 1. The monoisotopic (exact) mass is 362 g/mol. The number of hydrogen-bond acceptors (Lipinski definition) is 5. The Balaban J connectivity index is 1.63. The number of benzene rings is 2. The third kappa shape index (κ3) is 3.74. The van der Waals surface area contributed by atoms with Crippen molar-refractivity contribution in [3.05, 3.63) is 48.5 Å². The molecule has 1 aromatic heterocycles. The van der Waals surface area contributed by atoms with Crippen molar-refractivity contribution in [2.75, 3.05) is 32.6 Å². The molecule has 0 aliphatic carbocycles. The highest BCUT2D eigenvalue weighted by molar-refractivity contribution is 6.00. The van der Waals surface area contributed by atoms with Crippen LogP contribution in [0.1, 0.15) is 19.3 Å². The number of likely N-dealkylation sites (tertiary alicyclic amines) is 1. The second kappa shape index (κ2) is 7.92. The van der Waals surface area contributed by atoms with E-state index < -0.39 is 0 Å². The van der Waals surface area contributed by atoms with Crippen molar-refractivity contribution in [3.8, 4) is 17.0 Å². The number of rotatable bonds is 5. The van der Waals surface area contributed by atoms with E-state index in [2.05, 4.69) is 51.7 Å². The first-order valence-corrected chi connectivity index (χ1v) is 9.60. The Morgan fingerprint density at radius 2 is 1.81 bits per heavy atom. The van der Waals surface area contributed by atoms with E-state index in [-0.39, 0.29) is 0 Å². The number of anilines is 1. The van der Waals surface area contributed by atoms with E-state index in [1.54, 1.807) is 7.11 Å². The van der Waals surface area contributed by atoms with Gasteiger partial charge in [-0.15, -0.1) is 10.2 Å². The highest BCUT2D eigenvalue weighted by Gasteiger charge is 2.19. The third-order valence-electron chi connectivity index (χ3n) is 5.48. The van der Waals surface area contributed by atoms with Crippen LogP contribution in [-0.4, -0.2) is 48.4 Å². The summed E-state index contributed by atoms with van der Waals surface area (Å²) in [5.74, 6) is 1.70. The maximum Gasteiger partial charge on any atom is 0.156 e. The van der Waals surface area contributed by atoms with Crippen molar-refractivity contribution in [2.24, 2.45) is 0 Å². The Bertz CT molecular complexity index is 910. The van der Waals surface area contributed by atoms with Gasteiger partial charge in [0.1, 0.15) is 11.4 Å². The molecule has 5 heteroatoms. The number of ether oxygens (including phenoxy) is 1. The Morgan fingerprint density at radius 3 is 2.56 bits per heavy atom. The van der Waals surface area contributed by atoms with E-state index in [0.29, 0.717) is 6.04 Å². The molecule has 3 aromatic rings. The van der Waals surface area contributed by atoms with Crippen LogP contribution >= 0.6 is 0 Å². The lowest BCUT2D eigenvalue weighted by Gasteiger charge is -2.32. The third-order valence-corrected chi connectivity index (χ3v) is 5.48. The van der Waals surface area contributed by atoms with Crippen LogP contribution in [0.25, 0.3) is 22.0 Å². The molecule has 27 heavy (non-hydrogen) atoms. The fourth-order valence-corrected chi connectivity index (χ4v) is 3.81. The summed E-state index contributed by atoms with van der Waals surface area (Å²) in [6, 6.07) is 16.9. The summed E-state index contributed by atoms with van der Waals surface area (Å²) in [5, 5.41) is 14.8. The van der Waals surface area contributed by atoms with E-state index in [9.17, 15) is 0 Å². The van der Waals surface area contributed by atoms with E-state index in [4.69, 9.17) is 4.74 Å². The van der Waals surface area contributed by atoms with E-state index >= 15 is 0 Å². The molecular formula is C22H26N4O. The van der Waals surface area contributed by atoms with Crippen molar-refractivity contribution in [3.63, 3.8) is 0 Å². The van der Waals surface area contributed by atoms with Crippen molar-refractivity contribution >= 4 is 16.6 Å². The minimum Gasteiger partial charge on any atom is -0.497 e. The molecule has 4 rings (SSSR count). The second-order valence-corrected chi connectivity index (χ2v) is 7.18. The van der Waals surface area contributed by atoms with Crippen molar-refractivity contribution in [2.45, 2.75) is 25.3 Å².